The largest absolute Gasteiger partial charge is 0.481 e. The fourth-order valence-electron chi connectivity index (χ4n) is 2.39. The highest BCUT2D eigenvalue weighted by atomic mass is 35.5. The van der Waals surface area contributed by atoms with Crippen LogP contribution in [-0.4, -0.2) is 48.9 Å². The quantitative estimate of drug-likeness (QED) is 0.705. The van der Waals surface area contributed by atoms with Gasteiger partial charge >= 0.3 is 5.97 Å². The third kappa shape index (κ3) is 5.17. The van der Waals surface area contributed by atoms with Gasteiger partial charge < -0.3 is 10.0 Å². The van der Waals surface area contributed by atoms with E-state index in [1.165, 1.54) is 43.0 Å². The van der Waals surface area contributed by atoms with Crippen LogP contribution in [0.4, 0.5) is 0 Å². The van der Waals surface area contributed by atoms with Crippen LogP contribution >= 0.6 is 11.6 Å². The van der Waals surface area contributed by atoms with E-state index in [1.807, 2.05) is 0 Å². The van der Waals surface area contributed by atoms with E-state index in [0.29, 0.717) is 5.02 Å². The van der Waals surface area contributed by atoms with Gasteiger partial charge in [0.25, 0.3) is 0 Å². The molecule has 1 aliphatic carbocycles. The summed E-state index contributed by atoms with van der Waals surface area (Å²) in [6, 6.07) is 4.60. The molecule has 1 amide bonds. The number of carbonyl (C=O) groups is 2. The number of carboxylic acid groups (broad SMARTS) is 1. The number of carboxylic acids is 1. The highest BCUT2D eigenvalue weighted by Crippen LogP contribution is 2.28. The molecule has 1 fully saturated rings. The van der Waals surface area contributed by atoms with Crippen LogP contribution in [-0.2, 0) is 19.6 Å². The van der Waals surface area contributed by atoms with E-state index in [4.69, 9.17) is 16.7 Å². The average Bonchev–Trinajstić information content (AvgIpc) is 3.36. The summed E-state index contributed by atoms with van der Waals surface area (Å²) in [6.45, 7) is 3.04. The van der Waals surface area contributed by atoms with E-state index in [0.717, 1.165) is 12.8 Å². The Morgan fingerprint density at radius 2 is 1.84 bits per heavy atom. The highest BCUT2D eigenvalue weighted by Gasteiger charge is 2.37. The van der Waals surface area contributed by atoms with Crippen LogP contribution in [0.3, 0.4) is 0 Å². The van der Waals surface area contributed by atoms with E-state index in [9.17, 15) is 18.0 Å². The zero-order chi connectivity index (χ0) is 18.8. The molecule has 2 rings (SSSR count). The lowest BCUT2D eigenvalue weighted by Crippen LogP contribution is -2.49. The maximum absolute atomic E-state index is 12.6. The number of rotatable bonds is 8. The van der Waals surface area contributed by atoms with Gasteiger partial charge in [0.15, 0.2) is 0 Å². The van der Waals surface area contributed by atoms with Gasteiger partial charge in [-0.05, 0) is 44.0 Å². The summed E-state index contributed by atoms with van der Waals surface area (Å²) in [5, 5.41) is 9.46. The van der Waals surface area contributed by atoms with Crippen molar-refractivity contribution in [1.29, 1.82) is 0 Å². The topological polar surface area (TPSA) is 104 Å². The fourth-order valence-corrected chi connectivity index (χ4v) is 3.71. The number of nitrogens with zero attached hydrogens (tertiary/aromatic N) is 1. The number of hydrogen-bond acceptors (Lipinski definition) is 4. The van der Waals surface area contributed by atoms with Gasteiger partial charge in [-0.1, -0.05) is 18.5 Å². The van der Waals surface area contributed by atoms with Crippen LogP contribution in [0.5, 0.6) is 0 Å². The molecule has 1 saturated carbocycles. The minimum Gasteiger partial charge on any atom is -0.481 e. The molecular formula is C16H21ClN2O5S. The fraction of sp³-hybridized carbons (Fsp3) is 0.500. The summed E-state index contributed by atoms with van der Waals surface area (Å²) in [5.74, 6) is -2.13. The van der Waals surface area contributed by atoms with Crippen LogP contribution in [0, 0.1) is 5.92 Å². The van der Waals surface area contributed by atoms with Crippen molar-refractivity contribution in [2.24, 2.45) is 5.92 Å². The minimum absolute atomic E-state index is 0.00780. The third-order valence-electron chi connectivity index (χ3n) is 3.99. The molecule has 0 heterocycles. The van der Waals surface area contributed by atoms with Gasteiger partial charge in [0, 0.05) is 17.6 Å². The lowest BCUT2D eigenvalue weighted by atomic mass is 10.1. The average molecular weight is 389 g/mol. The summed E-state index contributed by atoms with van der Waals surface area (Å²) in [5.41, 5.74) is 0. The second-order valence-corrected chi connectivity index (χ2v) is 8.41. The molecule has 0 spiro atoms. The maximum atomic E-state index is 12.6. The first-order chi connectivity index (χ1) is 11.6. The molecule has 2 N–H and O–H groups in total. The number of amides is 1. The van der Waals surface area contributed by atoms with Crippen molar-refractivity contribution >= 4 is 33.5 Å². The van der Waals surface area contributed by atoms with Gasteiger partial charge in [-0.2, -0.15) is 4.72 Å². The summed E-state index contributed by atoms with van der Waals surface area (Å²) < 4.78 is 27.1. The van der Waals surface area contributed by atoms with Gasteiger partial charge in [0.05, 0.1) is 16.9 Å². The van der Waals surface area contributed by atoms with Crippen molar-refractivity contribution in [2.75, 3.05) is 6.54 Å². The number of carbonyl (C=O) groups excluding carboxylic acids is 1. The molecule has 0 aliphatic heterocycles. The Hall–Kier alpha value is -1.64. The molecular weight excluding hydrogens is 368 g/mol. The molecule has 9 heteroatoms. The van der Waals surface area contributed by atoms with E-state index in [-0.39, 0.29) is 17.5 Å². The van der Waals surface area contributed by atoms with Crippen molar-refractivity contribution in [3.63, 3.8) is 0 Å². The molecule has 0 saturated heterocycles. The van der Waals surface area contributed by atoms with Crippen molar-refractivity contribution in [3.8, 4) is 0 Å². The molecule has 0 aromatic heterocycles. The molecule has 7 nitrogen and oxygen atoms in total. The molecule has 0 bridgehead atoms. The first-order valence-electron chi connectivity index (χ1n) is 7.93. The van der Waals surface area contributed by atoms with Crippen LogP contribution < -0.4 is 4.72 Å². The lowest BCUT2D eigenvalue weighted by Gasteiger charge is -2.27. The van der Waals surface area contributed by atoms with Gasteiger partial charge in [-0.15, -0.1) is 0 Å². The Balaban J connectivity index is 2.09. The molecule has 1 aromatic rings. The molecule has 0 radical (unpaired) electrons. The predicted molar refractivity (Wildman–Crippen MR) is 92.8 cm³/mol. The van der Waals surface area contributed by atoms with Crippen LogP contribution in [0.2, 0.25) is 5.02 Å². The van der Waals surface area contributed by atoms with E-state index in [1.54, 1.807) is 0 Å². The Morgan fingerprint density at radius 1 is 1.28 bits per heavy atom. The first-order valence-corrected chi connectivity index (χ1v) is 9.79. The summed E-state index contributed by atoms with van der Waals surface area (Å²) in [4.78, 5) is 25.2. The van der Waals surface area contributed by atoms with Crippen LogP contribution in [0.25, 0.3) is 0 Å². The molecule has 2 atom stereocenters. The normalized spacial score (nSPS) is 16.9. The molecule has 1 aliphatic rings. The Bertz CT molecular complexity index is 746. The second kappa shape index (κ2) is 7.72. The number of nitrogens with one attached hydrogen (secondary N) is 1. The van der Waals surface area contributed by atoms with E-state index >= 15 is 0 Å². The maximum Gasteiger partial charge on any atom is 0.308 e. The smallest absolute Gasteiger partial charge is 0.308 e. The summed E-state index contributed by atoms with van der Waals surface area (Å²) >= 11 is 5.75. The monoisotopic (exact) mass is 388 g/mol. The van der Waals surface area contributed by atoms with Crippen LogP contribution in [0.15, 0.2) is 29.2 Å². The van der Waals surface area contributed by atoms with E-state index in [2.05, 4.69) is 4.72 Å². The van der Waals surface area contributed by atoms with Gasteiger partial charge in [-0.25, -0.2) is 8.42 Å². The number of hydrogen-bond donors (Lipinski definition) is 2. The van der Waals surface area contributed by atoms with Crippen molar-refractivity contribution in [3.05, 3.63) is 29.3 Å². The Morgan fingerprint density at radius 3 is 2.32 bits per heavy atom. The zero-order valence-corrected chi connectivity index (χ0v) is 15.5. The van der Waals surface area contributed by atoms with Crippen molar-refractivity contribution in [2.45, 2.75) is 43.7 Å². The number of halogens is 1. The predicted octanol–water partition coefficient (Wildman–Crippen LogP) is 1.72. The SMILES string of the molecule is CC(CN(C(=O)C(C)NS(=O)(=O)c1ccc(Cl)cc1)C1CC1)C(=O)O. The van der Waals surface area contributed by atoms with Gasteiger partial charge in [-0.3, -0.25) is 9.59 Å². The molecule has 2 unspecified atom stereocenters. The summed E-state index contributed by atoms with van der Waals surface area (Å²) in [7, 11) is -3.88. The zero-order valence-electron chi connectivity index (χ0n) is 14.0. The number of benzene rings is 1. The van der Waals surface area contributed by atoms with E-state index < -0.39 is 33.9 Å². The Kier molecular flexibility index (Phi) is 6.08. The first kappa shape index (κ1) is 19.7. The lowest BCUT2D eigenvalue weighted by molar-refractivity contribution is -0.143. The molecule has 138 valence electrons. The van der Waals surface area contributed by atoms with Crippen LogP contribution in [0.1, 0.15) is 26.7 Å². The molecule has 25 heavy (non-hydrogen) atoms. The minimum atomic E-state index is -3.88. The van der Waals surface area contributed by atoms with Crippen molar-refractivity contribution in [1.82, 2.24) is 9.62 Å². The highest BCUT2D eigenvalue weighted by molar-refractivity contribution is 7.89. The Labute approximate surface area is 152 Å². The van der Waals surface area contributed by atoms with Gasteiger partial charge in [0.1, 0.15) is 0 Å². The summed E-state index contributed by atoms with van der Waals surface area (Å²) in [6.07, 6.45) is 1.60. The van der Waals surface area contributed by atoms with Crippen molar-refractivity contribution < 1.29 is 23.1 Å². The second-order valence-electron chi connectivity index (χ2n) is 6.26. The van der Waals surface area contributed by atoms with Gasteiger partial charge in [0.2, 0.25) is 15.9 Å². The third-order valence-corrected chi connectivity index (χ3v) is 5.80. The number of sulfonamides is 1. The molecule has 1 aromatic carbocycles. The standard InChI is InChI=1S/C16H21ClN2O5S/c1-10(16(21)22)9-19(13-5-6-13)15(20)11(2)18-25(23,24)14-7-3-12(17)4-8-14/h3-4,7-8,10-11,13,18H,5-6,9H2,1-2H3,(H,21,22). The number of aliphatic carboxylic acids is 1.